The SMILES string of the molecule is c1ccc(-c2nc(-c3cc4ccccc4c4c3ccc3ccccc34)nc(-c3cccc4oc5c(-c6ccccc6)cccc5c34)n2)cc1. The fourth-order valence-electron chi connectivity index (χ4n) is 7.27. The zero-order valence-corrected chi connectivity index (χ0v) is 26.3. The minimum absolute atomic E-state index is 0.601. The minimum Gasteiger partial charge on any atom is -0.455 e. The Morgan fingerprint density at radius 1 is 0.347 bits per heavy atom. The van der Waals surface area contributed by atoms with Gasteiger partial charge in [0, 0.05) is 33.0 Å². The van der Waals surface area contributed by atoms with Gasteiger partial charge >= 0.3 is 0 Å². The van der Waals surface area contributed by atoms with Crippen molar-refractivity contribution in [3.05, 3.63) is 164 Å². The van der Waals surface area contributed by atoms with E-state index in [4.69, 9.17) is 19.4 Å². The van der Waals surface area contributed by atoms with Crippen LogP contribution in [0.4, 0.5) is 0 Å². The number of benzene rings is 8. The summed E-state index contributed by atoms with van der Waals surface area (Å²) in [5.41, 5.74) is 6.60. The maximum atomic E-state index is 6.61. The Kier molecular flexibility index (Phi) is 6.15. The van der Waals surface area contributed by atoms with Gasteiger partial charge in [-0.15, -0.1) is 0 Å². The Morgan fingerprint density at radius 2 is 0.939 bits per heavy atom. The average Bonchev–Trinajstić information content (AvgIpc) is 3.57. The second-order valence-corrected chi connectivity index (χ2v) is 12.4. The van der Waals surface area contributed by atoms with Crippen molar-refractivity contribution < 1.29 is 4.42 Å². The van der Waals surface area contributed by atoms with Crippen molar-refractivity contribution in [2.24, 2.45) is 0 Å². The molecule has 0 bridgehead atoms. The molecule has 0 aliphatic carbocycles. The lowest BCUT2D eigenvalue weighted by molar-refractivity contribution is 0.670. The Morgan fingerprint density at radius 3 is 1.73 bits per heavy atom. The summed E-state index contributed by atoms with van der Waals surface area (Å²) in [4.78, 5) is 15.6. The van der Waals surface area contributed by atoms with Crippen LogP contribution in [0.25, 0.3) is 99.5 Å². The van der Waals surface area contributed by atoms with Crippen molar-refractivity contribution in [2.45, 2.75) is 0 Å². The van der Waals surface area contributed by atoms with Gasteiger partial charge < -0.3 is 4.42 Å². The van der Waals surface area contributed by atoms with E-state index in [1.54, 1.807) is 0 Å². The fourth-order valence-corrected chi connectivity index (χ4v) is 7.27. The van der Waals surface area contributed by atoms with E-state index in [1.165, 1.54) is 21.5 Å². The third-order valence-electron chi connectivity index (χ3n) is 9.51. The molecule has 0 saturated carbocycles. The standard InChI is InChI=1S/C45H27N3O/c1-3-13-28(14-4-1)34-21-11-22-36-41-37(23-12-24-39(41)49-42(34)36)44-46-43(30-16-5-2-6-17-30)47-45(48-44)38-27-31-18-8-10-20-33(31)40-32-19-9-7-15-29(32)25-26-35(38)40/h1-27H. The lowest BCUT2D eigenvalue weighted by Crippen LogP contribution is -2.01. The van der Waals surface area contributed by atoms with E-state index >= 15 is 0 Å². The van der Waals surface area contributed by atoms with Crippen LogP contribution in [0.5, 0.6) is 0 Å². The molecule has 0 amide bonds. The molecule has 0 radical (unpaired) electrons. The first-order valence-electron chi connectivity index (χ1n) is 16.5. The van der Waals surface area contributed by atoms with Crippen LogP contribution in [-0.4, -0.2) is 15.0 Å². The molecule has 0 aliphatic rings. The van der Waals surface area contributed by atoms with Crippen molar-refractivity contribution in [1.82, 2.24) is 15.0 Å². The number of aromatic nitrogens is 3. The number of hydrogen-bond acceptors (Lipinski definition) is 4. The Bertz CT molecular complexity index is 2860. The van der Waals surface area contributed by atoms with Crippen molar-refractivity contribution >= 4 is 54.3 Å². The van der Waals surface area contributed by atoms with Gasteiger partial charge in [0.2, 0.25) is 0 Å². The maximum absolute atomic E-state index is 6.61. The number of furan rings is 1. The lowest BCUT2D eigenvalue weighted by atomic mass is 9.92. The molecule has 0 N–H and O–H groups in total. The summed E-state index contributed by atoms with van der Waals surface area (Å²) in [5, 5.41) is 9.07. The number of rotatable bonds is 4. The average molecular weight is 626 g/mol. The normalized spacial score (nSPS) is 11.7. The summed E-state index contributed by atoms with van der Waals surface area (Å²) in [7, 11) is 0. The lowest BCUT2D eigenvalue weighted by Gasteiger charge is -2.14. The first kappa shape index (κ1) is 27.5. The predicted molar refractivity (Wildman–Crippen MR) is 201 cm³/mol. The molecule has 8 aromatic carbocycles. The molecule has 10 aromatic rings. The number of fused-ring (bicyclic) bond motifs is 8. The van der Waals surface area contributed by atoms with Gasteiger partial charge in [0.15, 0.2) is 17.5 Å². The second-order valence-electron chi connectivity index (χ2n) is 12.4. The van der Waals surface area contributed by atoms with Crippen LogP contribution in [0.15, 0.2) is 168 Å². The van der Waals surface area contributed by atoms with E-state index in [2.05, 4.69) is 127 Å². The highest BCUT2D eigenvalue weighted by molar-refractivity contribution is 6.23. The molecule has 4 nitrogen and oxygen atoms in total. The Hall–Kier alpha value is -6.65. The van der Waals surface area contributed by atoms with E-state index in [-0.39, 0.29) is 0 Å². The third kappa shape index (κ3) is 4.42. The molecule has 0 spiro atoms. The van der Waals surface area contributed by atoms with E-state index in [0.717, 1.165) is 60.5 Å². The quantitative estimate of drug-likeness (QED) is 0.183. The molecule has 4 heteroatoms. The van der Waals surface area contributed by atoms with E-state index in [9.17, 15) is 0 Å². The van der Waals surface area contributed by atoms with Gasteiger partial charge in [-0.2, -0.15) is 0 Å². The Labute approximate surface area is 282 Å². The summed E-state index contributed by atoms with van der Waals surface area (Å²) in [5.74, 6) is 1.85. The van der Waals surface area contributed by atoms with Crippen LogP contribution in [0, 0.1) is 0 Å². The van der Waals surface area contributed by atoms with Crippen LogP contribution in [-0.2, 0) is 0 Å². The molecule has 49 heavy (non-hydrogen) atoms. The molecule has 228 valence electrons. The van der Waals surface area contributed by atoms with Crippen LogP contribution >= 0.6 is 0 Å². The van der Waals surface area contributed by atoms with Gasteiger partial charge in [-0.1, -0.05) is 152 Å². The first-order chi connectivity index (χ1) is 24.3. The van der Waals surface area contributed by atoms with E-state index in [1.807, 2.05) is 36.4 Å². The molecule has 0 saturated heterocycles. The minimum atomic E-state index is 0.601. The smallest absolute Gasteiger partial charge is 0.164 e. The summed E-state index contributed by atoms with van der Waals surface area (Å²) >= 11 is 0. The molecule has 10 rings (SSSR count). The highest BCUT2D eigenvalue weighted by atomic mass is 16.3. The first-order valence-corrected chi connectivity index (χ1v) is 16.5. The summed E-state index contributed by atoms with van der Waals surface area (Å²) < 4.78 is 6.61. The molecule has 2 aromatic heterocycles. The van der Waals surface area contributed by atoms with E-state index in [0.29, 0.717) is 17.5 Å². The number of hydrogen-bond donors (Lipinski definition) is 0. The highest BCUT2D eigenvalue weighted by Gasteiger charge is 2.21. The molecular formula is C45H27N3O. The molecular weight excluding hydrogens is 599 g/mol. The van der Waals surface area contributed by atoms with Crippen LogP contribution < -0.4 is 0 Å². The Balaban J connectivity index is 1.28. The van der Waals surface area contributed by atoms with Crippen molar-refractivity contribution in [1.29, 1.82) is 0 Å². The van der Waals surface area contributed by atoms with Gasteiger partial charge in [0.05, 0.1) is 0 Å². The molecule has 2 heterocycles. The molecule has 0 fully saturated rings. The van der Waals surface area contributed by atoms with Gasteiger partial charge in [-0.3, -0.25) is 0 Å². The molecule has 0 unspecified atom stereocenters. The highest BCUT2D eigenvalue weighted by Crippen LogP contribution is 2.42. The van der Waals surface area contributed by atoms with Gasteiger partial charge in [-0.25, -0.2) is 15.0 Å². The second kappa shape index (κ2) is 11.0. The summed E-state index contributed by atoms with van der Waals surface area (Å²) in [6.45, 7) is 0. The van der Waals surface area contributed by atoms with E-state index < -0.39 is 0 Å². The fraction of sp³-hybridized carbons (Fsp3) is 0. The van der Waals surface area contributed by atoms with Gasteiger partial charge in [-0.05, 0) is 50.0 Å². The van der Waals surface area contributed by atoms with Gasteiger partial charge in [0.1, 0.15) is 11.2 Å². The van der Waals surface area contributed by atoms with Crippen LogP contribution in [0.2, 0.25) is 0 Å². The van der Waals surface area contributed by atoms with Crippen molar-refractivity contribution in [2.75, 3.05) is 0 Å². The van der Waals surface area contributed by atoms with Gasteiger partial charge in [0.25, 0.3) is 0 Å². The zero-order chi connectivity index (χ0) is 32.3. The molecule has 0 aliphatic heterocycles. The summed E-state index contributed by atoms with van der Waals surface area (Å²) in [6.07, 6.45) is 0. The van der Waals surface area contributed by atoms with Crippen molar-refractivity contribution in [3.8, 4) is 45.3 Å². The number of para-hydroxylation sites is 1. The van der Waals surface area contributed by atoms with Crippen LogP contribution in [0.3, 0.4) is 0 Å². The monoisotopic (exact) mass is 625 g/mol. The molecule has 0 atom stereocenters. The van der Waals surface area contributed by atoms with Crippen molar-refractivity contribution in [3.63, 3.8) is 0 Å². The largest absolute Gasteiger partial charge is 0.455 e. The summed E-state index contributed by atoms with van der Waals surface area (Å²) in [6, 6.07) is 56.8. The maximum Gasteiger partial charge on any atom is 0.164 e. The third-order valence-corrected chi connectivity index (χ3v) is 9.51. The van der Waals surface area contributed by atoms with Crippen LogP contribution in [0.1, 0.15) is 0 Å². The topological polar surface area (TPSA) is 51.8 Å². The predicted octanol–water partition coefficient (Wildman–Crippen LogP) is 11.9. The zero-order valence-electron chi connectivity index (χ0n) is 26.3. The number of nitrogens with zero attached hydrogens (tertiary/aromatic N) is 3.